The summed E-state index contributed by atoms with van der Waals surface area (Å²) < 4.78 is 0. The van der Waals surface area contributed by atoms with Gasteiger partial charge in [-0.2, -0.15) is 0 Å². The summed E-state index contributed by atoms with van der Waals surface area (Å²) in [6, 6.07) is 14.7. The summed E-state index contributed by atoms with van der Waals surface area (Å²) in [5.41, 5.74) is 2.40. The first kappa shape index (κ1) is 17.7. The smallest absolute Gasteiger partial charge is 0.272 e. The van der Waals surface area contributed by atoms with E-state index in [-0.39, 0.29) is 11.8 Å². The van der Waals surface area contributed by atoms with Crippen molar-refractivity contribution in [1.82, 2.24) is 10.2 Å². The zero-order valence-electron chi connectivity index (χ0n) is 15.0. The third-order valence-corrected chi connectivity index (χ3v) is 5.43. The fourth-order valence-electron chi connectivity index (χ4n) is 3.56. The second-order valence-electron chi connectivity index (χ2n) is 7.11. The highest BCUT2D eigenvalue weighted by molar-refractivity contribution is 6.47. The zero-order valence-corrected chi connectivity index (χ0v) is 15.8. The first-order valence-electron chi connectivity index (χ1n) is 9.00. The lowest BCUT2D eigenvalue weighted by atomic mass is 9.97. The standard InChI is InChI=1S/C21H20ClN3O2/c1-14-2-4-16(5-3-14)20(27)25-12-10-21(11-13-25)23-18(19(26)24-21)15-6-8-17(22)9-7-15/h2-9H,10-13H2,1H3,(H,24,26). The van der Waals surface area contributed by atoms with Gasteiger partial charge in [0.2, 0.25) is 0 Å². The highest BCUT2D eigenvalue weighted by Crippen LogP contribution is 2.29. The Kier molecular flexibility index (Phi) is 4.48. The lowest BCUT2D eigenvalue weighted by Gasteiger charge is -2.37. The Bertz CT molecular complexity index is 911. The van der Waals surface area contributed by atoms with E-state index >= 15 is 0 Å². The van der Waals surface area contributed by atoms with Gasteiger partial charge in [0.05, 0.1) is 0 Å². The molecule has 0 aromatic heterocycles. The molecule has 4 rings (SSSR count). The van der Waals surface area contributed by atoms with Crippen LogP contribution >= 0.6 is 11.6 Å². The van der Waals surface area contributed by atoms with Crippen LogP contribution in [0, 0.1) is 6.92 Å². The van der Waals surface area contributed by atoms with Gasteiger partial charge in [-0.05, 0) is 31.2 Å². The molecule has 0 saturated carbocycles. The lowest BCUT2D eigenvalue weighted by molar-refractivity contribution is -0.115. The number of halogens is 1. The topological polar surface area (TPSA) is 61.8 Å². The van der Waals surface area contributed by atoms with Crippen molar-refractivity contribution in [2.45, 2.75) is 25.4 Å². The van der Waals surface area contributed by atoms with Crippen LogP contribution < -0.4 is 5.32 Å². The second-order valence-corrected chi connectivity index (χ2v) is 7.55. The lowest BCUT2D eigenvalue weighted by Crippen LogP contribution is -2.52. The quantitative estimate of drug-likeness (QED) is 0.868. The predicted octanol–water partition coefficient (Wildman–Crippen LogP) is 3.20. The van der Waals surface area contributed by atoms with Crippen molar-refractivity contribution in [3.05, 3.63) is 70.2 Å². The van der Waals surface area contributed by atoms with Gasteiger partial charge >= 0.3 is 0 Å². The maximum atomic E-state index is 12.7. The molecule has 6 heteroatoms. The third kappa shape index (κ3) is 3.47. The fourth-order valence-corrected chi connectivity index (χ4v) is 3.69. The largest absolute Gasteiger partial charge is 0.338 e. The fraction of sp³-hybridized carbons (Fsp3) is 0.286. The summed E-state index contributed by atoms with van der Waals surface area (Å²) in [5, 5.41) is 3.65. The highest BCUT2D eigenvalue weighted by Gasteiger charge is 2.42. The number of aryl methyl sites for hydroxylation is 1. The molecule has 1 N–H and O–H groups in total. The van der Waals surface area contributed by atoms with Crippen molar-refractivity contribution < 1.29 is 9.59 Å². The van der Waals surface area contributed by atoms with E-state index in [9.17, 15) is 9.59 Å². The van der Waals surface area contributed by atoms with E-state index in [2.05, 4.69) is 5.32 Å². The molecule has 2 aromatic rings. The highest BCUT2D eigenvalue weighted by atomic mass is 35.5. The van der Waals surface area contributed by atoms with Crippen LogP contribution in [-0.2, 0) is 4.79 Å². The Labute approximate surface area is 163 Å². The van der Waals surface area contributed by atoms with Crippen LogP contribution in [0.25, 0.3) is 0 Å². The number of piperidine rings is 1. The molecular weight excluding hydrogens is 362 g/mol. The molecule has 0 aliphatic carbocycles. The predicted molar refractivity (Wildman–Crippen MR) is 105 cm³/mol. The van der Waals surface area contributed by atoms with Crippen molar-refractivity contribution >= 4 is 29.1 Å². The van der Waals surface area contributed by atoms with E-state index < -0.39 is 5.66 Å². The van der Waals surface area contributed by atoms with Crippen LogP contribution in [-0.4, -0.2) is 41.2 Å². The average Bonchev–Trinajstić information content (AvgIpc) is 2.99. The second kappa shape index (κ2) is 6.82. The monoisotopic (exact) mass is 381 g/mol. The molecular formula is C21H20ClN3O2. The maximum absolute atomic E-state index is 12.7. The molecule has 0 atom stereocenters. The van der Waals surface area contributed by atoms with Gasteiger partial charge in [0.15, 0.2) is 0 Å². The Balaban J connectivity index is 1.48. The Morgan fingerprint density at radius 2 is 1.70 bits per heavy atom. The Hall–Kier alpha value is -2.66. The molecule has 2 aromatic carbocycles. The molecule has 5 nitrogen and oxygen atoms in total. The number of carbonyl (C=O) groups excluding carboxylic acids is 2. The third-order valence-electron chi connectivity index (χ3n) is 5.18. The van der Waals surface area contributed by atoms with Gasteiger partial charge in [-0.15, -0.1) is 0 Å². The van der Waals surface area contributed by atoms with E-state index in [1.807, 2.05) is 36.1 Å². The molecule has 0 radical (unpaired) electrons. The Morgan fingerprint density at radius 1 is 1.07 bits per heavy atom. The van der Waals surface area contributed by atoms with Crippen LogP contribution in [0.15, 0.2) is 53.5 Å². The van der Waals surface area contributed by atoms with Crippen molar-refractivity contribution in [1.29, 1.82) is 0 Å². The maximum Gasteiger partial charge on any atom is 0.272 e. The van der Waals surface area contributed by atoms with E-state index in [1.54, 1.807) is 24.3 Å². The molecule has 2 aliphatic heterocycles. The van der Waals surface area contributed by atoms with Crippen LogP contribution in [0.5, 0.6) is 0 Å². The van der Waals surface area contributed by atoms with Gasteiger partial charge in [0.25, 0.3) is 11.8 Å². The number of nitrogens with zero attached hydrogens (tertiary/aromatic N) is 2. The molecule has 138 valence electrons. The van der Waals surface area contributed by atoms with Crippen LogP contribution in [0.2, 0.25) is 5.02 Å². The molecule has 2 heterocycles. The number of hydrogen-bond donors (Lipinski definition) is 1. The number of aliphatic imine (C=N–C) groups is 1. The molecule has 0 unspecified atom stereocenters. The van der Waals surface area contributed by atoms with Crippen molar-refractivity contribution in [2.75, 3.05) is 13.1 Å². The summed E-state index contributed by atoms with van der Waals surface area (Å²) >= 11 is 5.92. The molecule has 1 fully saturated rings. The van der Waals surface area contributed by atoms with Gasteiger partial charge in [0.1, 0.15) is 11.4 Å². The number of rotatable bonds is 2. The zero-order chi connectivity index (χ0) is 19.0. The molecule has 1 spiro atoms. The molecule has 1 saturated heterocycles. The minimum absolute atomic E-state index is 0.0241. The van der Waals surface area contributed by atoms with Gasteiger partial charge in [-0.1, -0.05) is 41.4 Å². The normalized spacial score (nSPS) is 18.4. The Morgan fingerprint density at radius 3 is 2.33 bits per heavy atom. The van der Waals surface area contributed by atoms with E-state index in [1.165, 1.54) is 0 Å². The average molecular weight is 382 g/mol. The van der Waals surface area contributed by atoms with Crippen molar-refractivity contribution in [3.63, 3.8) is 0 Å². The van der Waals surface area contributed by atoms with E-state index in [4.69, 9.17) is 16.6 Å². The van der Waals surface area contributed by atoms with Gasteiger partial charge in [-0.3, -0.25) is 14.6 Å². The summed E-state index contributed by atoms with van der Waals surface area (Å²) in [7, 11) is 0. The molecule has 2 aliphatic rings. The van der Waals surface area contributed by atoms with Gasteiger partial charge in [0, 0.05) is 42.1 Å². The van der Waals surface area contributed by atoms with Crippen LogP contribution in [0.1, 0.15) is 34.3 Å². The van der Waals surface area contributed by atoms with Crippen LogP contribution in [0.3, 0.4) is 0 Å². The van der Waals surface area contributed by atoms with Crippen molar-refractivity contribution in [2.24, 2.45) is 4.99 Å². The summed E-state index contributed by atoms with van der Waals surface area (Å²) in [6.07, 6.45) is 1.21. The number of hydrogen-bond acceptors (Lipinski definition) is 3. The minimum Gasteiger partial charge on any atom is -0.338 e. The van der Waals surface area contributed by atoms with Crippen molar-refractivity contribution in [3.8, 4) is 0 Å². The van der Waals surface area contributed by atoms with E-state index in [0.717, 1.165) is 11.1 Å². The summed E-state index contributed by atoms with van der Waals surface area (Å²) in [5.74, 6) is -0.147. The minimum atomic E-state index is -0.615. The number of nitrogens with one attached hydrogen (secondary N) is 1. The number of benzene rings is 2. The van der Waals surface area contributed by atoms with Crippen LogP contribution in [0.4, 0.5) is 0 Å². The summed E-state index contributed by atoms with van der Waals surface area (Å²) in [4.78, 5) is 31.7. The first-order valence-corrected chi connectivity index (χ1v) is 9.38. The molecule has 27 heavy (non-hydrogen) atoms. The summed E-state index contributed by atoms with van der Waals surface area (Å²) in [6.45, 7) is 3.12. The number of carbonyl (C=O) groups is 2. The first-order chi connectivity index (χ1) is 13.0. The molecule has 2 amide bonds. The molecule has 0 bridgehead atoms. The van der Waals surface area contributed by atoms with Gasteiger partial charge < -0.3 is 10.2 Å². The SMILES string of the molecule is Cc1ccc(C(=O)N2CCC3(CC2)N=C(c2ccc(Cl)cc2)C(=O)N3)cc1. The van der Waals surface area contributed by atoms with Gasteiger partial charge in [-0.25, -0.2) is 0 Å². The number of amides is 2. The number of likely N-dealkylation sites (tertiary alicyclic amines) is 1. The van der Waals surface area contributed by atoms with E-state index in [0.29, 0.717) is 42.2 Å².